The summed E-state index contributed by atoms with van der Waals surface area (Å²) in [6.45, 7) is 8.68. The first-order valence-electron chi connectivity index (χ1n) is 6.03. The molecule has 0 unspecified atom stereocenters. The Balaban J connectivity index is 2.53. The average Bonchev–Trinajstić information content (AvgIpc) is 2.27. The predicted octanol–water partition coefficient (Wildman–Crippen LogP) is 2.63. The molecule has 2 rings (SSSR count). The molecule has 0 aromatic carbocycles. The van der Waals surface area contributed by atoms with Crippen LogP contribution >= 0.6 is 0 Å². The second-order valence-corrected chi connectivity index (χ2v) is 5.04. The molecule has 0 spiro atoms. The molecule has 2 aromatic rings. The Bertz CT molecular complexity index is 548. The summed E-state index contributed by atoms with van der Waals surface area (Å²) in [7, 11) is 0. The summed E-state index contributed by atoms with van der Waals surface area (Å²) in [6.07, 6.45) is 1.71. The minimum absolute atomic E-state index is 0.0827. The number of aromatic nitrogens is 3. The summed E-state index contributed by atoms with van der Waals surface area (Å²) in [4.78, 5) is 12.9. The van der Waals surface area contributed by atoms with Crippen LogP contribution in [0.3, 0.4) is 0 Å². The fourth-order valence-corrected chi connectivity index (χ4v) is 1.59. The zero-order chi connectivity index (χ0) is 13.2. The van der Waals surface area contributed by atoms with Gasteiger partial charge in [0, 0.05) is 11.7 Å². The van der Waals surface area contributed by atoms with Crippen molar-refractivity contribution >= 4 is 16.9 Å². The van der Waals surface area contributed by atoms with E-state index in [0.29, 0.717) is 18.3 Å². The van der Waals surface area contributed by atoms with Gasteiger partial charge in [0.05, 0.1) is 12.0 Å². The van der Waals surface area contributed by atoms with Gasteiger partial charge in [-0.2, -0.15) is 9.97 Å². The van der Waals surface area contributed by atoms with Gasteiger partial charge in [0.25, 0.3) is 0 Å². The Labute approximate surface area is 107 Å². The van der Waals surface area contributed by atoms with Gasteiger partial charge in [0.1, 0.15) is 5.82 Å². The van der Waals surface area contributed by atoms with Gasteiger partial charge in [-0.3, -0.25) is 0 Å². The van der Waals surface area contributed by atoms with E-state index >= 15 is 0 Å². The van der Waals surface area contributed by atoms with Crippen molar-refractivity contribution in [1.29, 1.82) is 0 Å². The predicted molar refractivity (Wildman–Crippen MR) is 71.9 cm³/mol. The fraction of sp³-hybridized carbons (Fsp3) is 0.462. The standard InChI is InChI=1S/C13H18N4O/c1-5-18-12-15-10-9(7-6-8-14-10)11(16-12)17-13(2,3)4/h6-8H,5H2,1-4H3,(H,14,15,16,17). The van der Waals surface area contributed by atoms with Gasteiger partial charge in [-0.1, -0.05) is 0 Å². The third kappa shape index (κ3) is 2.85. The molecular formula is C13H18N4O. The maximum absolute atomic E-state index is 5.37. The molecule has 5 nitrogen and oxygen atoms in total. The highest BCUT2D eigenvalue weighted by Crippen LogP contribution is 2.23. The van der Waals surface area contributed by atoms with E-state index in [4.69, 9.17) is 4.74 Å². The molecule has 0 aliphatic heterocycles. The molecule has 0 bridgehead atoms. The lowest BCUT2D eigenvalue weighted by molar-refractivity contribution is 0.314. The lowest BCUT2D eigenvalue weighted by atomic mass is 10.1. The number of hydrogen-bond acceptors (Lipinski definition) is 5. The van der Waals surface area contributed by atoms with E-state index < -0.39 is 0 Å². The van der Waals surface area contributed by atoms with Gasteiger partial charge < -0.3 is 10.1 Å². The summed E-state index contributed by atoms with van der Waals surface area (Å²) in [5.74, 6) is 0.754. The van der Waals surface area contributed by atoms with Crippen molar-refractivity contribution in [3.8, 4) is 6.01 Å². The molecular weight excluding hydrogens is 228 g/mol. The summed E-state index contributed by atoms with van der Waals surface area (Å²) in [6, 6.07) is 4.18. The smallest absolute Gasteiger partial charge is 0.320 e. The molecule has 0 radical (unpaired) electrons. The normalized spacial score (nSPS) is 11.6. The van der Waals surface area contributed by atoms with Crippen molar-refractivity contribution in [2.75, 3.05) is 11.9 Å². The minimum Gasteiger partial charge on any atom is -0.464 e. The van der Waals surface area contributed by atoms with E-state index in [2.05, 4.69) is 41.0 Å². The molecule has 1 N–H and O–H groups in total. The van der Waals surface area contributed by atoms with E-state index in [1.54, 1.807) is 6.20 Å². The Morgan fingerprint density at radius 1 is 1.28 bits per heavy atom. The average molecular weight is 246 g/mol. The maximum Gasteiger partial charge on any atom is 0.320 e. The van der Waals surface area contributed by atoms with Gasteiger partial charge in [0.2, 0.25) is 0 Å². The van der Waals surface area contributed by atoms with Crippen LogP contribution in [0.5, 0.6) is 6.01 Å². The largest absolute Gasteiger partial charge is 0.464 e. The lowest BCUT2D eigenvalue weighted by Gasteiger charge is -2.22. The molecule has 96 valence electrons. The van der Waals surface area contributed by atoms with Gasteiger partial charge in [-0.05, 0) is 39.8 Å². The Kier molecular flexibility index (Phi) is 3.32. The highest BCUT2D eigenvalue weighted by molar-refractivity contribution is 5.86. The highest BCUT2D eigenvalue weighted by atomic mass is 16.5. The van der Waals surface area contributed by atoms with Crippen LogP contribution in [-0.2, 0) is 0 Å². The zero-order valence-corrected chi connectivity index (χ0v) is 11.2. The number of rotatable bonds is 3. The van der Waals surface area contributed by atoms with Crippen LogP contribution in [-0.4, -0.2) is 27.1 Å². The van der Waals surface area contributed by atoms with Crippen molar-refractivity contribution < 1.29 is 4.74 Å². The molecule has 0 fully saturated rings. The molecule has 0 aliphatic rings. The van der Waals surface area contributed by atoms with E-state index in [-0.39, 0.29) is 5.54 Å². The third-order valence-corrected chi connectivity index (χ3v) is 2.22. The quantitative estimate of drug-likeness (QED) is 0.902. The molecule has 0 atom stereocenters. The Morgan fingerprint density at radius 3 is 2.72 bits per heavy atom. The van der Waals surface area contributed by atoms with Crippen LogP contribution in [0.4, 0.5) is 5.82 Å². The number of pyridine rings is 1. The van der Waals surface area contributed by atoms with Crippen LogP contribution in [0, 0.1) is 0 Å². The molecule has 0 aliphatic carbocycles. The number of hydrogen-bond donors (Lipinski definition) is 1. The fourth-order valence-electron chi connectivity index (χ4n) is 1.59. The van der Waals surface area contributed by atoms with Crippen molar-refractivity contribution in [3.05, 3.63) is 18.3 Å². The zero-order valence-electron chi connectivity index (χ0n) is 11.2. The minimum atomic E-state index is -0.0827. The SMILES string of the molecule is CCOc1nc(NC(C)(C)C)c2cccnc2n1. The van der Waals surface area contributed by atoms with Crippen molar-refractivity contribution in [2.24, 2.45) is 0 Å². The van der Waals surface area contributed by atoms with Crippen LogP contribution in [0.1, 0.15) is 27.7 Å². The maximum atomic E-state index is 5.37. The molecule has 5 heteroatoms. The number of fused-ring (bicyclic) bond motifs is 1. The second-order valence-electron chi connectivity index (χ2n) is 5.04. The first kappa shape index (κ1) is 12.5. The number of anilines is 1. The molecule has 0 saturated carbocycles. The number of nitrogens with zero attached hydrogens (tertiary/aromatic N) is 3. The van der Waals surface area contributed by atoms with Crippen LogP contribution in [0.15, 0.2) is 18.3 Å². The number of ether oxygens (including phenoxy) is 1. The first-order valence-corrected chi connectivity index (χ1v) is 6.03. The van der Waals surface area contributed by atoms with E-state index in [1.165, 1.54) is 0 Å². The topological polar surface area (TPSA) is 59.9 Å². The molecule has 2 aromatic heterocycles. The van der Waals surface area contributed by atoms with Crippen molar-refractivity contribution in [2.45, 2.75) is 33.2 Å². The van der Waals surface area contributed by atoms with Crippen LogP contribution in [0.2, 0.25) is 0 Å². The summed E-state index contributed by atoms with van der Waals surface area (Å²) < 4.78 is 5.37. The molecule has 2 heterocycles. The molecule has 0 saturated heterocycles. The second kappa shape index (κ2) is 4.76. The van der Waals surface area contributed by atoms with E-state index in [1.807, 2.05) is 19.1 Å². The van der Waals surface area contributed by atoms with Gasteiger partial charge >= 0.3 is 6.01 Å². The van der Waals surface area contributed by atoms with Crippen molar-refractivity contribution in [3.63, 3.8) is 0 Å². The van der Waals surface area contributed by atoms with Crippen LogP contribution in [0.25, 0.3) is 11.0 Å². The Morgan fingerprint density at radius 2 is 2.06 bits per heavy atom. The summed E-state index contributed by atoms with van der Waals surface area (Å²) >= 11 is 0. The Hall–Kier alpha value is -1.91. The van der Waals surface area contributed by atoms with Gasteiger partial charge in [0.15, 0.2) is 5.65 Å². The number of nitrogens with one attached hydrogen (secondary N) is 1. The van der Waals surface area contributed by atoms with Gasteiger partial charge in [-0.15, -0.1) is 0 Å². The highest BCUT2D eigenvalue weighted by Gasteiger charge is 2.15. The van der Waals surface area contributed by atoms with E-state index in [0.717, 1.165) is 11.2 Å². The van der Waals surface area contributed by atoms with Crippen molar-refractivity contribution in [1.82, 2.24) is 15.0 Å². The molecule has 18 heavy (non-hydrogen) atoms. The first-order chi connectivity index (χ1) is 8.49. The van der Waals surface area contributed by atoms with Crippen LogP contribution < -0.4 is 10.1 Å². The monoisotopic (exact) mass is 246 g/mol. The third-order valence-electron chi connectivity index (χ3n) is 2.22. The molecule has 0 amide bonds. The summed E-state index contributed by atoms with van der Waals surface area (Å²) in [5.41, 5.74) is 0.559. The van der Waals surface area contributed by atoms with E-state index in [9.17, 15) is 0 Å². The lowest BCUT2D eigenvalue weighted by Crippen LogP contribution is -2.27. The van der Waals surface area contributed by atoms with Gasteiger partial charge in [-0.25, -0.2) is 4.98 Å². The summed E-state index contributed by atoms with van der Waals surface area (Å²) in [5, 5.41) is 4.25.